The number of benzene rings is 2. The van der Waals surface area contributed by atoms with E-state index in [2.05, 4.69) is 38.3 Å². The Labute approximate surface area is 265 Å². The number of halogens is 1. The Morgan fingerprint density at radius 2 is 2.09 bits per heavy atom. The maximum atomic E-state index is 13.8. The average molecular weight is 640 g/mol. The van der Waals surface area contributed by atoms with Gasteiger partial charge >= 0.3 is 0 Å². The summed E-state index contributed by atoms with van der Waals surface area (Å²) < 4.78 is 33.1. The fourth-order valence-electron chi connectivity index (χ4n) is 7.36. The summed E-state index contributed by atoms with van der Waals surface area (Å²) in [5.74, 6) is 0.603. The normalized spacial score (nSPS) is 30.9. The van der Waals surface area contributed by atoms with Gasteiger partial charge in [0.1, 0.15) is 15.7 Å². The summed E-state index contributed by atoms with van der Waals surface area (Å²) in [6.45, 7) is 3.75. The van der Waals surface area contributed by atoms with E-state index >= 15 is 0 Å². The van der Waals surface area contributed by atoms with Crippen molar-refractivity contribution in [2.75, 3.05) is 37.5 Å². The third-order valence-electron chi connectivity index (χ3n) is 9.85. The molecule has 236 valence electrons. The first-order valence-electron chi connectivity index (χ1n) is 15.8. The zero-order chi connectivity index (χ0) is 30.9. The van der Waals surface area contributed by atoms with Gasteiger partial charge in [0, 0.05) is 42.6 Å². The van der Waals surface area contributed by atoms with Gasteiger partial charge in [-0.1, -0.05) is 36.7 Å². The van der Waals surface area contributed by atoms with Gasteiger partial charge in [-0.25, -0.2) is 4.21 Å². The Morgan fingerprint density at radius 3 is 2.86 bits per heavy atom. The van der Waals surface area contributed by atoms with Gasteiger partial charge in [0.2, 0.25) is 5.91 Å². The van der Waals surface area contributed by atoms with Crippen LogP contribution < -0.4 is 14.4 Å². The Kier molecular flexibility index (Phi) is 9.09. The standard InChI is InChI=1S/C34H42ClN3O5S/c1-3-32(39)36-44(41)17-6-4-5-9-30(42-2)27-13-10-25(27)20-38-21-34(16-7-8-23-18-26(35)12-14-28(23)34)22-43-31-15-11-24(19-29(31)38)33(40)37-44/h5,9,11-12,14-15,18-19,25,27,30H,3-4,6-8,10,13,16-17,20-22H2,1-2H3,(H,36,37,39,40,41)/b9-5+/t25-,27+,30?,34-,44?/m0/s1. The van der Waals surface area contributed by atoms with E-state index in [1.165, 1.54) is 11.1 Å². The number of carbonyl (C=O) groups excluding carboxylic acids is 2. The molecule has 2 aromatic rings. The minimum atomic E-state index is -3.30. The summed E-state index contributed by atoms with van der Waals surface area (Å²) in [4.78, 5) is 28.3. The molecule has 2 amide bonds. The Morgan fingerprint density at radius 1 is 1.23 bits per heavy atom. The second kappa shape index (κ2) is 12.9. The third kappa shape index (κ3) is 6.28. The molecule has 0 aromatic heterocycles. The monoisotopic (exact) mass is 639 g/mol. The third-order valence-corrected chi connectivity index (χ3v) is 11.9. The largest absolute Gasteiger partial charge is 0.490 e. The van der Waals surface area contributed by atoms with Gasteiger partial charge in [0.05, 0.1) is 24.2 Å². The molecule has 2 aromatic carbocycles. The number of nitrogens with one attached hydrogen (secondary N) is 1. The molecule has 44 heavy (non-hydrogen) atoms. The molecule has 2 aliphatic carbocycles. The highest BCUT2D eigenvalue weighted by Gasteiger charge is 2.44. The van der Waals surface area contributed by atoms with Crippen LogP contribution in [0.3, 0.4) is 0 Å². The Bertz CT molecular complexity index is 1580. The number of methoxy groups -OCH3 is 1. The highest BCUT2D eigenvalue weighted by atomic mass is 35.5. The molecule has 2 bridgehead atoms. The average Bonchev–Trinajstić information content (AvgIpc) is 3.14. The topological polar surface area (TPSA) is 97.3 Å². The summed E-state index contributed by atoms with van der Waals surface area (Å²) >= 11 is 6.42. The second-order valence-corrected chi connectivity index (χ2v) is 15.2. The van der Waals surface area contributed by atoms with E-state index in [0.717, 1.165) is 61.7 Å². The summed E-state index contributed by atoms with van der Waals surface area (Å²) in [6, 6.07) is 11.6. The van der Waals surface area contributed by atoms with Gasteiger partial charge in [-0.3, -0.25) is 14.3 Å². The van der Waals surface area contributed by atoms with Gasteiger partial charge in [0.25, 0.3) is 5.91 Å². The van der Waals surface area contributed by atoms with Crippen LogP contribution in [0.1, 0.15) is 73.4 Å². The highest BCUT2D eigenvalue weighted by molar-refractivity contribution is 7.92. The summed E-state index contributed by atoms with van der Waals surface area (Å²) in [6.07, 6.45) is 10.7. The first kappa shape index (κ1) is 31.1. The van der Waals surface area contributed by atoms with Crippen molar-refractivity contribution < 1.29 is 23.3 Å². The van der Waals surface area contributed by atoms with Gasteiger partial charge < -0.3 is 14.4 Å². The number of anilines is 1. The van der Waals surface area contributed by atoms with E-state index < -0.39 is 21.7 Å². The molecule has 0 saturated heterocycles. The van der Waals surface area contributed by atoms with Crippen molar-refractivity contribution in [2.24, 2.45) is 16.2 Å². The molecular weight excluding hydrogens is 598 g/mol. The van der Waals surface area contributed by atoms with Crippen LogP contribution in [0, 0.1) is 11.8 Å². The van der Waals surface area contributed by atoms with Crippen molar-refractivity contribution in [1.29, 1.82) is 0 Å². The molecule has 2 unspecified atom stereocenters. The molecule has 0 radical (unpaired) electrons. The van der Waals surface area contributed by atoms with E-state index in [1.54, 1.807) is 20.1 Å². The molecule has 2 heterocycles. The van der Waals surface area contributed by atoms with Crippen molar-refractivity contribution in [2.45, 2.75) is 69.8 Å². The van der Waals surface area contributed by atoms with E-state index in [4.69, 9.17) is 21.1 Å². The predicted octanol–water partition coefficient (Wildman–Crippen LogP) is 6.25. The van der Waals surface area contributed by atoms with E-state index in [1.807, 2.05) is 18.2 Å². The Balaban J connectivity index is 1.44. The first-order valence-corrected chi connectivity index (χ1v) is 17.9. The summed E-state index contributed by atoms with van der Waals surface area (Å²) in [5, 5.41) is 0.748. The minimum absolute atomic E-state index is 0.0161. The number of amides is 2. The smallest absolute Gasteiger partial charge is 0.286 e. The number of nitrogens with zero attached hydrogens (tertiary/aromatic N) is 2. The highest BCUT2D eigenvalue weighted by Crippen LogP contribution is 2.47. The van der Waals surface area contributed by atoms with Crippen LogP contribution in [0.5, 0.6) is 5.75 Å². The lowest BCUT2D eigenvalue weighted by atomic mass is 9.68. The van der Waals surface area contributed by atoms with Gasteiger partial charge in [-0.2, -0.15) is 0 Å². The van der Waals surface area contributed by atoms with E-state index in [9.17, 15) is 13.8 Å². The number of rotatable bonds is 3. The van der Waals surface area contributed by atoms with Crippen LogP contribution >= 0.6 is 11.6 Å². The van der Waals surface area contributed by atoms with Crippen molar-refractivity contribution in [3.05, 3.63) is 70.3 Å². The lowest BCUT2D eigenvalue weighted by molar-refractivity contribution is -0.118. The molecule has 1 saturated carbocycles. The minimum Gasteiger partial charge on any atom is -0.490 e. The summed E-state index contributed by atoms with van der Waals surface area (Å²) in [7, 11) is -1.54. The molecule has 4 aliphatic rings. The van der Waals surface area contributed by atoms with Crippen LogP contribution in [0.15, 0.2) is 52.9 Å². The number of carbonyl (C=O) groups is 2. The number of ether oxygens (including phenoxy) is 2. The molecule has 5 atom stereocenters. The first-order chi connectivity index (χ1) is 21.2. The molecule has 10 heteroatoms. The predicted molar refractivity (Wildman–Crippen MR) is 174 cm³/mol. The van der Waals surface area contributed by atoms with Crippen molar-refractivity contribution >= 4 is 39.0 Å². The quantitative estimate of drug-likeness (QED) is 0.399. The number of hydrogen-bond acceptors (Lipinski definition) is 6. The van der Waals surface area contributed by atoms with Crippen LogP contribution in [0.2, 0.25) is 5.02 Å². The lowest BCUT2D eigenvalue weighted by Gasteiger charge is -2.46. The molecule has 1 spiro atoms. The Hall–Kier alpha value is -2.88. The molecule has 1 N–H and O–H groups in total. The van der Waals surface area contributed by atoms with Crippen LogP contribution in [0.25, 0.3) is 0 Å². The molecule has 6 rings (SSSR count). The number of aryl methyl sites for hydroxylation is 1. The maximum absolute atomic E-state index is 13.8. The zero-order valence-electron chi connectivity index (χ0n) is 25.6. The fourth-order valence-corrected chi connectivity index (χ4v) is 9.23. The maximum Gasteiger partial charge on any atom is 0.286 e. The van der Waals surface area contributed by atoms with E-state index in [-0.39, 0.29) is 23.7 Å². The van der Waals surface area contributed by atoms with E-state index in [0.29, 0.717) is 36.8 Å². The molecule has 8 nitrogen and oxygen atoms in total. The fraction of sp³-hybridized carbons (Fsp3) is 0.529. The van der Waals surface area contributed by atoms with Gasteiger partial charge in [0.15, 0.2) is 0 Å². The molecule has 2 aliphatic heterocycles. The number of fused-ring (bicyclic) bond motifs is 4. The molecular formula is C34H42ClN3O5S. The van der Waals surface area contributed by atoms with Crippen LogP contribution in [-0.2, 0) is 31.3 Å². The SMILES string of the molecule is CCC(=O)NS1(=O)=NC(=O)c2ccc3c(c2)N(C[C@@H]2CC[C@H]2C(OC)/C=C/CCC1)C[C@@]1(CCCc2cc(Cl)ccc21)CO3. The number of allylic oxidation sites excluding steroid dienone is 1. The van der Waals surface area contributed by atoms with Gasteiger partial charge in [-0.05, 0) is 98.2 Å². The molecule has 1 fully saturated rings. The lowest BCUT2D eigenvalue weighted by Crippen LogP contribution is -2.49. The van der Waals surface area contributed by atoms with Crippen LogP contribution in [0.4, 0.5) is 5.69 Å². The van der Waals surface area contributed by atoms with Crippen LogP contribution in [-0.4, -0.2) is 54.7 Å². The van der Waals surface area contributed by atoms with Gasteiger partial charge in [-0.15, -0.1) is 4.36 Å². The zero-order valence-corrected chi connectivity index (χ0v) is 27.1. The summed E-state index contributed by atoms with van der Waals surface area (Å²) in [5.41, 5.74) is 3.50. The second-order valence-electron chi connectivity index (χ2n) is 12.7. The van der Waals surface area contributed by atoms with Crippen molar-refractivity contribution in [1.82, 2.24) is 4.72 Å². The number of hydrogen-bond donors (Lipinski definition) is 1. The van der Waals surface area contributed by atoms with Crippen molar-refractivity contribution in [3.8, 4) is 5.75 Å². The van der Waals surface area contributed by atoms with Crippen molar-refractivity contribution in [3.63, 3.8) is 0 Å².